The Kier molecular flexibility index (Phi) is 9.07. The number of halogens is 3. The summed E-state index contributed by atoms with van der Waals surface area (Å²) in [6.07, 6.45) is 0. The highest BCUT2D eigenvalue weighted by Crippen LogP contribution is 2.34. The molecule has 0 radical (unpaired) electrons. The minimum absolute atomic E-state index is 0.0433. The van der Waals surface area contributed by atoms with Gasteiger partial charge in [-0.15, -0.1) is 0 Å². The summed E-state index contributed by atoms with van der Waals surface area (Å²) in [5.74, 6) is -1.13. The fraction of sp³-hybridized carbons (Fsp3) is 0.259. The Morgan fingerprint density at radius 3 is 2.33 bits per heavy atom. The molecule has 0 saturated carbocycles. The molecule has 3 aromatic rings. The summed E-state index contributed by atoms with van der Waals surface area (Å²) in [4.78, 5) is 27.4. The first-order chi connectivity index (χ1) is 19.0. The van der Waals surface area contributed by atoms with Gasteiger partial charge in [-0.3, -0.25) is 13.9 Å². The zero-order valence-electron chi connectivity index (χ0n) is 21.6. The fourth-order valence-electron chi connectivity index (χ4n) is 4.07. The van der Waals surface area contributed by atoms with Crippen LogP contribution in [0, 0.1) is 5.82 Å². The van der Waals surface area contributed by atoms with Crippen LogP contribution >= 0.6 is 23.2 Å². The van der Waals surface area contributed by atoms with Crippen LogP contribution in [0.4, 0.5) is 10.1 Å². The highest BCUT2D eigenvalue weighted by Gasteiger charge is 2.33. The number of fused-ring (bicyclic) bond motifs is 1. The van der Waals surface area contributed by atoms with Crippen LogP contribution < -0.4 is 19.1 Å². The van der Waals surface area contributed by atoms with E-state index in [0.717, 1.165) is 16.4 Å². The maximum absolute atomic E-state index is 13.9. The first kappa shape index (κ1) is 29.4. The van der Waals surface area contributed by atoms with Gasteiger partial charge in [-0.05, 0) is 61.0 Å². The summed E-state index contributed by atoms with van der Waals surface area (Å²) in [6, 6.07) is 12.5. The highest BCUT2D eigenvalue weighted by atomic mass is 35.5. The normalized spacial score (nSPS) is 13.3. The van der Waals surface area contributed by atoms with Crippen molar-refractivity contribution < 1.29 is 31.9 Å². The molecular weight excluding hydrogens is 584 g/mol. The predicted octanol–water partition coefficient (Wildman–Crippen LogP) is 4.26. The van der Waals surface area contributed by atoms with Gasteiger partial charge in [0.1, 0.15) is 31.6 Å². The van der Waals surface area contributed by atoms with Gasteiger partial charge in [0, 0.05) is 29.7 Å². The minimum Gasteiger partial charge on any atom is -0.486 e. The Labute approximate surface area is 241 Å². The molecule has 0 bridgehead atoms. The zero-order chi connectivity index (χ0) is 29.0. The molecule has 9 nitrogen and oxygen atoms in total. The fourth-order valence-corrected chi connectivity index (χ4v) is 5.97. The van der Waals surface area contributed by atoms with E-state index in [1.807, 2.05) is 0 Å². The number of benzene rings is 3. The van der Waals surface area contributed by atoms with Crippen molar-refractivity contribution in [3.8, 4) is 11.5 Å². The summed E-state index contributed by atoms with van der Waals surface area (Å²) in [5.41, 5.74) is 0.542. The van der Waals surface area contributed by atoms with Crippen molar-refractivity contribution in [2.24, 2.45) is 0 Å². The van der Waals surface area contributed by atoms with Crippen LogP contribution in [0.3, 0.4) is 0 Å². The molecule has 212 valence electrons. The van der Waals surface area contributed by atoms with Crippen molar-refractivity contribution >= 4 is 50.7 Å². The maximum atomic E-state index is 13.9. The second kappa shape index (κ2) is 12.3. The van der Waals surface area contributed by atoms with Gasteiger partial charge in [0.25, 0.3) is 10.0 Å². The molecule has 0 aromatic heterocycles. The molecule has 0 unspecified atom stereocenters. The van der Waals surface area contributed by atoms with Crippen LogP contribution in [0.15, 0.2) is 65.6 Å². The summed E-state index contributed by atoms with van der Waals surface area (Å²) in [6.45, 7) is 1.28. The molecule has 1 aliphatic rings. The molecule has 0 aliphatic carbocycles. The van der Waals surface area contributed by atoms with Gasteiger partial charge < -0.3 is 19.7 Å². The van der Waals surface area contributed by atoms with E-state index in [0.29, 0.717) is 22.9 Å². The average Bonchev–Trinajstić information content (AvgIpc) is 2.94. The number of carbonyl (C=O) groups excluding carboxylic acids is 2. The Balaban J connectivity index is 1.73. The number of hydrogen-bond donors (Lipinski definition) is 1. The number of rotatable bonds is 9. The maximum Gasteiger partial charge on any atom is 0.264 e. The largest absolute Gasteiger partial charge is 0.486 e. The van der Waals surface area contributed by atoms with Gasteiger partial charge in [0.2, 0.25) is 11.8 Å². The number of nitrogens with zero attached hydrogens (tertiary/aromatic N) is 2. The molecule has 0 fully saturated rings. The average molecular weight is 610 g/mol. The zero-order valence-corrected chi connectivity index (χ0v) is 23.9. The Morgan fingerprint density at radius 1 is 1.00 bits per heavy atom. The Hall–Kier alpha value is -3.54. The molecule has 4 rings (SSSR count). The summed E-state index contributed by atoms with van der Waals surface area (Å²) >= 11 is 12.3. The standard InChI is InChI=1S/C27H26Cl2FN3O6S/c1-17(27(35)31-2)32(15-18-3-4-19(28)13-23(18)29)26(34)16-33(21-7-5-20(30)6-8-21)40(36,37)22-9-10-24-25(14-22)39-12-11-38-24/h3-10,13-14,17H,11-12,15-16H2,1-2H3,(H,31,35)/t17-/m1/s1. The number of sulfonamides is 1. The number of ether oxygens (including phenoxy) is 2. The van der Waals surface area contributed by atoms with Crippen LogP contribution in [0.5, 0.6) is 11.5 Å². The molecule has 0 spiro atoms. The van der Waals surface area contributed by atoms with E-state index in [4.69, 9.17) is 32.7 Å². The summed E-state index contributed by atoms with van der Waals surface area (Å²) in [5, 5.41) is 3.16. The number of carbonyl (C=O) groups is 2. The van der Waals surface area contributed by atoms with E-state index < -0.39 is 40.2 Å². The van der Waals surface area contributed by atoms with Crippen LogP contribution in [-0.2, 0) is 26.2 Å². The lowest BCUT2D eigenvalue weighted by atomic mass is 10.1. The number of amides is 2. The molecular formula is C27H26Cl2FN3O6S. The second-order valence-electron chi connectivity index (χ2n) is 8.84. The molecule has 0 saturated heterocycles. The summed E-state index contributed by atoms with van der Waals surface area (Å²) < 4.78 is 53.5. The van der Waals surface area contributed by atoms with Crippen LogP contribution in [0.25, 0.3) is 0 Å². The molecule has 1 aliphatic heterocycles. The Morgan fingerprint density at radius 2 is 1.68 bits per heavy atom. The van der Waals surface area contributed by atoms with Crippen LogP contribution in [0.2, 0.25) is 10.0 Å². The van der Waals surface area contributed by atoms with Gasteiger partial charge in [-0.2, -0.15) is 0 Å². The van der Waals surface area contributed by atoms with E-state index in [-0.39, 0.29) is 34.5 Å². The highest BCUT2D eigenvalue weighted by molar-refractivity contribution is 7.92. The number of nitrogens with one attached hydrogen (secondary N) is 1. The van der Waals surface area contributed by atoms with Crippen molar-refractivity contribution in [2.75, 3.05) is 31.1 Å². The second-order valence-corrected chi connectivity index (χ2v) is 11.5. The molecule has 3 aromatic carbocycles. The Bertz CT molecular complexity index is 1520. The smallest absolute Gasteiger partial charge is 0.264 e. The minimum atomic E-state index is -4.38. The van der Waals surface area contributed by atoms with E-state index in [9.17, 15) is 22.4 Å². The third kappa shape index (κ3) is 6.43. The van der Waals surface area contributed by atoms with Crippen LogP contribution in [-0.4, -0.2) is 58.0 Å². The van der Waals surface area contributed by atoms with E-state index >= 15 is 0 Å². The van der Waals surface area contributed by atoms with Crippen molar-refractivity contribution in [2.45, 2.75) is 24.4 Å². The molecule has 2 amide bonds. The number of hydrogen-bond acceptors (Lipinski definition) is 6. The van der Waals surface area contributed by atoms with Crippen LogP contribution in [0.1, 0.15) is 12.5 Å². The third-order valence-electron chi connectivity index (χ3n) is 6.26. The van der Waals surface area contributed by atoms with Crippen molar-refractivity contribution in [3.05, 3.63) is 82.1 Å². The van der Waals surface area contributed by atoms with Gasteiger partial charge in [0.05, 0.1) is 10.6 Å². The summed E-state index contributed by atoms with van der Waals surface area (Å²) in [7, 11) is -2.96. The van der Waals surface area contributed by atoms with E-state index in [1.54, 1.807) is 12.1 Å². The van der Waals surface area contributed by atoms with Gasteiger partial charge in [-0.25, -0.2) is 12.8 Å². The van der Waals surface area contributed by atoms with Gasteiger partial charge in [-0.1, -0.05) is 29.3 Å². The van der Waals surface area contributed by atoms with Gasteiger partial charge in [0.15, 0.2) is 11.5 Å². The molecule has 1 N–H and O–H groups in total. The molecule has 1 heterocycles. The molecule has 40 heavy (non-hydrogen) atoms. The molecule has 13 heteroatoms. The van der Waals surface area contributed by atoms with Crippen molar-refractivity contribution in [1.29, 1.82) is 0 Å². The predicted molar refractivity (Wildman–Crippen MR) is 149 cm³/mol. The lowest BCUT2D eigenvalue weighted by Crippen LogP contribution is -2.50. The first-order valence-corrected chi connectivity index (χ1v) is 14.3. The lowest BCUT2D eigenvalue weighted by molar-refractivity contribution is -0.139. The number of anilines is 1. The first-order valence-electron chi connectivity index (χ1n) is 12.1. The SMILES string of the molecule is CNC(=O)[C@@H](C)N(Cc1ccc(Cl)cc1Cl)C(=O)CN(c1ccc(F)cc1)S(=O)(=O)c1ccc2c(c1)OCCO2. The van der Waals surface area contributed by atoms with Gasteiger partial charge >= 0.3 is 0 Å². The monoisotopic (exact) mass is 609 g/mol. The van der Waals surface area contributed by atoms with Crippen molar-refractivity contribution in [1.82, 2.24) is 10.2 Å². The van der Waals surface area contributed by atoms with Crippen molar-refractivity contribution in [3.63, 3.8) is 0 Å². The van der Waals surface area contributed by atoms with E-state index in [2.05, 4.69) is 5.32 Å². The number of likely N-dealkylation sites (N-methyl/N-ethyl adjacent to an activating group) is 1. The quantitative estimate of drug-likeness (QED) is 0.388. The molecule has 1 atom stereocenters. The topological polar surface area (TPSA) is 105 Å². The van der Waals surface area contributed by atoms with E-state index in [1.165, 1.54) is 55.3 Å². The lowest BCUT2D eigenvalue weighted by Gasteiger charge is -2.32. The third-order valence-corrected chi connectivity index (χ3v) is 8.62.